The van der Waals surface area contributed by atoms with Gasteiger partial charge in [0.2, 0.25) is 47.3 Å². The average Bonchev–Trinajstić information content (AvgIpc) is 0.822. The van der Waals surface area contributed by atoms with Crippen molar-refractivity contribution in [3.63, 3.8) is 0 Å². The van der Waals surface area contributed by atoms with E-state index >= 15 is 0 Å². The van der Waals surface area contributed by atoms with Crippen LogP contribution in [0.2, 0.25) is 0 Å². The number of hydrogen-bond acceptors (Lipinski definition) is 33. The van der Waals surface area contributed by atoms with Crippen molar-refractivity contribution in [3.05, 3.63) is 0 Å². The first kappa shape index (κ1) is 92.2. The van der Waals surface area contributed by atoms with E-state index < -0.39 is 190 Å². The van der Waals surface area contributed by atoms with E-state index in [9.17, 15) is 93.8 Å². The highest BCUT2D eigenvalue weighted by atomic mass is 31.2. The molecule has 3 fully saturated rings. The van der Waals surface area contributed by atoms with Crippen LogP contribution < -0.4 is 47.4 Å². The summed E-state index contributed by atoms with van der Waals surface area (Å²) in [4.78, 5) is 115. The summed E-state index contributed by atoms with van der Waals surface area (Å²) in [6.45, 7) is 5.54. The van der Waals surface area contributed by atoms with Crippen molar-refractivity contribution in [2.45, 2.75) is 183 Å². The SMILES string of the molecule is CC(=O)NC1C(OCCOCCNC(=O)CCC(NC(=O)CCC(NC(=O)CCOCCOCCOCCOCCOP(=O)([O-])C(C)(C)C)C(=O)NCCOCCOC2OC(CO)C(O)C(O)C2NC(C)=O)C(=O)NCCOCCOC2OC(CO)C(O)C(O)C2NC(C)=O)OC(CO)C(O)C1O. The smallest absolute Gasteiger partial charge is 0.242 e. The summed E-state index contributed by atoms with van der Waals surface area (Å²) in [7, 11) is -4.05. The molecule has 0 aromatic carbocycles. The van der Waals surface area contributed by atoms with E-state index in [2.05, 4.69) is 42.5 Å². The fourth-order valence-electron chi connectivity index (χ4n) is 9.86. The van der Waals surface area contributed by atoms with E-state index in [1.165, 1.54) is 41.5 Å². The molecule has 3 aliphatic rings. The van der Waals surface area contributed by atoms with Crippen molar-refractivity contribution < 1.29 is 160 Å². The highest BCUT2D eigenvalue weighted by Gasteiger charge is 2.48. The first-order valence-electron chi connectivity index (χ1n) is 33.9. The number of aliphatic hydroxyl groups excluding tert-OH is 9. The third-order valence-corrected chi connectivity index (χ3v) is 17.6. The number of hydrogen-bond donors (Lipinski definition) is 17. The fraction of sp³-hybridized carbons (Fsp3) is 0.869. The predicted molar refractivity (Wildman–Crippen MR) is 349 cm³/mol. The maximum absolute atomic E-state index is 13.8. The van der Waals surface area contributed by atoms with Crippen LogP contribution in [0.3, 0.4) is 0 Å². The Bertz CT molecular complexity index is 2540. The van der Waals surface area contributed by atoms with Gasteiger partial charge in [0.15, 0.2) is 18.9 Å². The van der Waals surface area contributed by atoms with E-state index in [4.69, 9.17) is 66.1 Å². The Labute approximate surface area is 596 Å². The Morgan fingerprint density at radius 3 is 1.03 bits per heavy atom. The van der Waals surface area contributed by atoms with Gasteiger partial charge in [-0.2, -0.15) is 0 Å². The molecule has 103 heavy (non-hydrogen) atoms. The molecule has 3 aliphatic heterocycles. The second-order valence-corrected chi connectivity index (χ2v) is 27.3. The van der Waals surface area contributed by atoms with Crippen LogP contribution >= 0.6 is 7.60 Å². The van der Waals surface area contributed by atoms with Crippen LogP contribution in [0.4, 0.5) is 0 Å². The number of carbonyl (C=O) groups is 8. The summed E-state index contributed by atoms with van der Waals surface area (Å²) in [5, 5.41) is 111. The molecule has 42 heteroatoms. The molecule has 41 nitrogen and oxygen atoms in total. The topological polar surface area (TPSA) is 584 Å². The summed E-state index contributed by atoms with van der Waals surface area (Å²) < 4.78 is 89.1. The molecule has 0 saturated carbocycles. The molecule has 3 heterocycles. The summed E-state index contributed by atoms with van der Waals surface area (Å²) >= 11 is 0. The van der Waals surface area contributed by atoms with E-state index in [0.717, 1.165) is 0 Å². The molecule has 3 rings (SSSR count). The van der Waals surface area contributed by atoms with Crippen LogP contribution in [0.25, 0.3) is 0 Å². The summed E-state index contributed by atoms with van der Waals surface area (Å²) in [5.41, 5.74) is 0. The molecular formula is C61H110N8O33P-. The summed E-state index contributed by atoms with van der Waals surface area (Å²) in [6.07, 6.45) is -18.4. The van der Waals surface area contributed by atoms with E-state index in [0.29, 0.717) is 0 Å². The van der Waals surface area contributed by atoms with Gasteiger partial charge in [-0.1, -0.05) is 20.8 Å². The lowest BCUT2D eigenvalue weighted by molar-refractivity contribution is -0.272. The number of carbonyl (C=O) groups excluding carboxylic acids is 8. The van der Waals surface area contributed by atoms with Gasteiger partial charge in [0.1, 0.15) is 92.7 Å². The molecule has 0 bridgehead atoms. The Balaban J connectivity index is 1.61. The lowest BCUT2D eigenvalue weighted by Crippen LogP contribution is -2.64. The quantitative estimate of drug-likeness (QED) is 0.0199. The lowest BCUT2D eigenvalue weighted by Gasteiger charge is -2.42. The van der Waals surface area contributed by atoms with Gasteiger partial charge < -0.3 is 164 Å². The van der Waals surface area contributed by atoms with Gasteiger partial charge in [0.25, 0.3) is 0 Å². The molecule has 18 atom stereocenters. The maximum atomic E-state index is 13.8. The van der Waals surface area contributed by atoms with E-state index in [1.807, 2.05) is 0 Å². The number of ether oxygens (including phenoxy) is 13. The molecule has 0 spiro atoms. The second kappa shape index (κ2) is 50.6. The van der Waals surface area contributed by atoms with E-state index in [1.54, 1.807) is 0 Å². The highest BCUT2D eigenvalue weighted by Crippen LogP contribution is 2.50. The molecular weight excluding hydrogens is 1400 g/mol. The van der Waals surface area contributed by atoms with Crippen LogP contribution in [-0.2, 0) is 109 Å². The Kier molecular flexibility index (Phi) is 45.3. The molecule has 17 N–H and O–H groups in total. The van der Waals surface area contributed by atoms with Gasteiger partial charge in [0, 0.05) is 64.8 Å². The Morgan fingerprint density at radius 1 is 0.408 bits per heavy atom. The zero-order valence-corrected chi connectivity index (χ0v) is 60.0. The maximum Gasteiger partial charge on any atom is 0.242 e. The lowest BCUT2D eigenvalue weighted by atomic mass is 9.97. The number of rotatable bonds is 53. The van der Waals surface area contributed by atoms with E-state index in [-0.39, 0.29) is 164 Å². The molecule has 3 saturated heterocycles. The van der Waals surface area contributed by atoms with Crippen LogP contribution in [0, 0.1) is 0 Å². The Hall–Kier alpha value is -4.97. The minimum Gasteiger partial charge on any atom is -0.778 e. The van der Waals surface area contributed by atoms with Crippen molar-refractivity contribution in [3.8, 4) is 0 Å². The van der Waals surface area contributed by atoms with Crippen LogP contribution in [-0.4, -0.2) is 361 Å². The second-order valence-electron chi connectivity index (χ2n) is 24.7. The summed E-state index contributed by atoms with van der Waals surface area (Å²) in [6, 6.07) is -6.31. The standard InChI is InChI=1S/C61H111N8O33P/c1-36(73)65-47-53(82)50(79)41(33-70)100-58(47)96-29-25-90-16-12-62-44(76)9-7-39(56(85)63-13-17-91-26-30-97-59-48(66-37(2)74)54(83)51(80)42(34-71)101-59)68-45(77)10-8-40(57(86)64-14-18-92-27-31-98-60-49(67-38(3)75)55(84)52(81)43(35-72)102-60)69-46(78)11-15-89-19-20-93-21-22-94-23-24-95-28-32-99-103(87,88)61(4,5)6/h39-43,47-55,58-60,70-72,79-84H,7-35H2,1-6H3,(H,62,76)(H,63,85)(H,64,86)(H,65,73)(H,66,74)(H,67,75)(H,68,77)(H,69,78)(H,87,88)/p-1. The molecule has 8 amide bonds. The van der Waals surface area contributed by atoms with Crippen LogP contribution in [0.5, 0.6) is 0 Å². The minimum atomic E-state index is -4.05. The average molecular weight is 1510 g/mol. The molecule has 0 aromatic heterocycles. The van der Waals surface area contributed by atoms with Gasteiger partial charge in [-0.25, -0.2) is 0 Å². The van der Waals surface area contributed by atoms with Gasteiger partial charge in [-0.3, -0.25) is 38.4 Å². The first-order chi connectivity index (χ1) is 49.0. The zero-order chi connectivity index (χ0) is 76.5. The largest absolute Gasteiger partial charge is 0.778 e. The third-order valence-electron chi connectivity index (χ3n) is 15.5. The monoisotopic (exact) mass is 1510 g/mol. The fourth-order valence-corrected chi connectivity index (χ4v) is 10.6. The highest BCUT2D eigenvalue weighted by molar-refractivity contribution is 7.53. The van der Waals surface area contributed by atoms with Crippen molar-refractivity contribution in [1.29, 1.82) is 0 Å². The van der Waals surface area contributed by atoms with Gasteiger partial charge in [-0.15, -0.1) is 0 Å². The normalized spacial score (nSPS) is 26.2. The zero-order valence-electron chi connectivity index (χ0n) is 59.1. The van der Waals surface area contributed by atoms with Gasteiger partial charge in [-0.05, 0) is 12.8 Å². The minimum absolute atomic E-state index is 0.0378. The molecule has 0 radical (unpaired) electrons. The van der Waals surface area contributed by atoms with Crippen LogP contribution in [0.1, 0.15) is 73.6 Å². The Morgan fingerprint density at radius 2 is 0.699 bits per heavy atom. The molecule has 18 unspecified atom stereocenters. The van der Waals surface area contributed by atoms with Crippen molar-refractivity contribution in [1.82, 2.24) is 42.5 Å². The molecule has 0 aromatic rings. The first-order valence-corrected chi connectivity index (χ1v) is 35.4. The van der Waals surface area contributed by atoms with Gasteiger partial charge in [0.05, 0.1) is 139 Å². The van der Waals surface area contributed by atoms with Crippen molar-refractivity contribution in [2.75, 3.05) is 158 Å². The third kappa shape index (κ3) is 35.5. The molecule has 598 valence electrons. The number of amides is 8. The van der Waals surface area contributed by atoms with Crippen LogP contribution in [0.15, 0.2) is 0 Å². The predicted octanol–water partition coefficient (Wildman–Crippen LogP) is -9.38. The molecule has 0 aliphatic carbocycles. The summed E-state index contributed by atoms with van der Waals surface area (Å²) in [5.74, 6) is -5.17. The number of aliphatic hydroxyl groups is 9. The van der Waals surface area contributed by atoms with Gasteiger partial charge >= 0.3 is 0 Å². The van der Waals surface area contributed by atoms with Crippen molar-refractivity contribution in [2.24, 2.45) is 0 Å². The van der Waals surface area contributed by atoms with Crippen molar-refractivity contribution >= 4 is 54.9 Å². The number of nitrogens with one attached hydrogen (secondary N) is 8.